The summed E-state index contributed by atoms with van der Waals surface area (Å²) in [5.41, 5.74) is 8.94. The summed E-state index contributed by atoms with van der Waals surface area (Å²) in [5.74, 6) is 0. The Hall–Kier alpha value is -1.33. The minimum Gasteiger partial charge on any atom is -0.322 e. The zero-order chi connectivity index (χ0) is 12.6. The van der Waals surface area contributed by atoms with Crippen molar-refractivity contribution in [3.63, 3.8) is 0 Å². The van der Waals surface area contributed by atoms with Crippen LogP contribution >= 0.6 is 11.6 Å². The van der Waals surface area contributed by atoms with Crippen LogP contribution in [0.15, 0.2) is 12.3 Å². The van der Waals surface area contributed by atoms with Gasteiger partial charge >= 0.3 is 0 Å². The molecule has 0 radical (unpaired) electrons. The van der Waals surface area contributed by atoms with Crippen LogP contribution in [0.1, 0.15) is 23.1 Å². The molecule has 0 bridgehead atoms. The van der Waals surface area contributed by atoms with Gasteiger partial charge in [0, 0.05) is 26.7 Å². The fraction of sp³-hybridized carbons (Fsp3) is 0.455. The van der Waals surface area contributed by atoms with Crippen molar-refractivity contribution in [2.75, 3.05) is 0 Å². The molecule has 17 heavy (non-hydrogen) atoms. The van der Waals surface area contributed by atoms with E-state index in [-0.39, 0.29) is 6.04 Å². The van der Waals surface area contributed by atoms with E-state index in [1.54, 1.807) is 15.6 Å². The van der Waals surface area contributed by atoms with E-state index in [4.69, 9.17) is 17.3 Å². The molecule has 0 aromatic carbocycles. The topological polar surface area (TPSA) is 61.7 Å². The van der Waals surface area contributed by atoms with Crippen molar-refractivity contribution < 1.29 is 0 Å². The number of aryl methyl sites for hydroxylation is 3. The number of rotatable bonds is 3. The zero-order valence-electron chi connectivity index (χ0n) is 10.2. The van der Waals surface area contributed by atoms with Gasteiger partial charge in [-0.1, -0.05) is 11.6 Å². The van der Waals surface area contributed by atoms with Gasteiger partial charge in [-0.05, 0) is 13.0 Å². The molecule has 1 atom stereocenters. The fourth-order valence-corrected chi connectivity index (χ4v) is 2.20. The van der Waals surface area contributed by atoms with Gasteiger partial charge in [-0.15, -0.1) is 0 Å². The number of hydrogen-bond donors (Lipinski definition) is 1. The molecule has 2 aromatic rings. The second-order valence-corrected chi connectivity index (χ2v) is 4.54. The average molecular weight is 254 g/mol. The Kier molecular flexibility index (Phi) is 3.22. The van der Waals surface area contributed by atoms with E-state index in [1.165, 1.54) is 0 Å². The molecule has 5 nitrogen and oxygen atoms in total. The molecule has 1 unspecified atom stereocenters. The Balaban J connectivity index is 2.24. The van der Waals surface area contributed by atoms with Crippen LogP contribution in [0.4, 0.5) is 0 Å². The highest BCUT2D eigenvalue weighted by atomic mass is 35.5. The molecule has 2 rings (SSSR count). The first kappa shape index (κ1) is 12.1. The van der Waals surface area contributed by atoms with E-state index in [2.05, 4.69) is 10.2 Å². The molecule has 0 saturated carbocycles. The minimum absolute atomic E-state index is 0.130. The summed E-state index contributed by atoms with van der Waals surface area (Å²) in [4.78, 5) is 0. The lowest BCUT2D eigenvalue weighted by Gasteiger charge is -2.12. The molecular formula is C11H16ClN5. The lowest BCUT2D eigenvalue weighted by Crippen LogP contribution is -2.18. The van der Waals surface area contributed by atoms with Gasteiger partial charge in [-0.3, -0.25) is 9.36 Å². The van der Waals surface area contributed by atoms with Gasteiger partial charge in [0.25, 0.3) is 0 Å². The first-order valence-corrected chi connectivity index (χ1v) is 5.80. The molecule has 0 aliphatic rings. The highest BCUT2D eigenvalue weighted by Crippen LogP contribution is 2.24. The number of hydrogen-bond acceptors (Lipinski definition) is 3. The Bertz CT molecular complexity index is 528. The molecular weight excluding hydrogens is 238 g/mol. The van der Waals surface area contributed by atoms with Crippen molar-refractivity contribution in [2.45, 2.75) is 19.4 Å². The third kappa shape index (κ3) is 2.21. The van der Waals surface area contributed by atoms with Crippen LogP contribution < -0.4 is 5.73 Å². The van der Waals surface area contributed by atoms with Crippen LogP contribution in [-0.2, 0) is 20.5 Å². The molecule has 0 amide bonds. The highest BCUT2D eigenvalue weighted by molar-refractivity contribution is 6.31. The largest absolute Gasteiger partial charge is 0.322 e. The van der Waals surface area contributed by atoms with Gasteiger partial charge in [-0.2, -0.15) is 10.2 Å². The lowest BCUT2D eigenvalue weighted by molar-refractivity contribution is 0.588. The molecule has 2 heterocycles. The zero-order valence-corrected chi connectivity index (χ0v) is 10.9. The monoisotopic (exact) mass is 253 g/mol. The van der Waals surface area contributed by atoms with Crippen LogP contribution in [0.2, 0.25) is 5.02 Å². The lowest BCUT2D eigenvalue weighted by atomic mass is 10.1. The number of aromatic nitrogens is 4. The van der Waals surface area contributed by atoms with E-state index >= 15 is 0 Å². The Labute approximate surface area is 105 Å². The fourth-order valence-electron chi connectivity index (χ4n) is 1.96. The molecule has 2 N–H and O–H groups in total. The molecule has 2 aromatic heterocycles. The predicted molar refractivity (Wildman–Crippen MR) is 66.8 cm³/mol. The first-order chi connectivity index (χ1) is 8.00. The van der Waals surface area contributed by atoms with E-state index in [0.29, 0.717) is 11.4 Å². The maximum absolute atomic E-state index is 6.20. The molecule has 0 aliphatic heterocycles. The molecule has 6 heteroatoms. The maximum Gasteiger partial charge on any atom is 0.0847 e. The second kappa shape index (κ2) is 4.50. The van der Waals surface area contributed by atoms with Crippen molar-refractivity contribution in [1.82, 2.24) is 19.6 Å². The van der Waals surface area contributed by atoms with Gasteiger partial charge in [0.2, 0.25) is 0 Å². The molecule has 0 spiro atoms. The molecule has 0 saturated heterocycles. The Morgan fingerprint density at radius 1 is 1.41 bits per heavy atom. The smallest absolute Gasteiger partial charge is 0.0847 e. The van der Waals surface area contributed by atoms with Crippen molar-refractivity contribution in [3.8, 4) is 0 Å². The van der Waals surface area contributed by atoms with Gasteiger partial charge in [0.05, 0.1) is 28.1 Å². The van der Waals surface area contributed by atoms with Crippen molar-refractivity contribution in [1.29, 1.82) is 0 Å². The minimum atomic E-state index is -0.130. The summed E-state index contributed by atoms with van der Waals surface area (Å²) >= 11 is 6.20. The average Bonchev–Trinajstić information content (AvgIpc) is 2.78. The second-order valence-electron chi connectivity index (χ2n) is 4.16. The van der Waals surface area contributed by atoms with E-state index in [9.17, 15) is 0 Å². The van der Waals surface area contributed by atoms with Gasteiger partial charge in [0.15, 0.2) is 0 Å². The maximum atomic E-state index is 6.20. The quantitative estimate of drug-likeness (QED) is 0.899. The summed E-state index contributed by atoms with van der Waals surface area (Å²) in [6.45, 7) is 1.89. The highest BCUT2D eigenvalue weighted by Gasteiger charge is 2.17. The molecule has 92 valence electrons. The molecule has 0 fully saturated rings. The van der Waals surface area contributed by atoms with Gasteiger partial charge < -0.3 is 5.73 Å². The third-order valence-electron chi connectivity index (χ3n) is 2.91. The standard InChI is InChI=1S/C11H16ClN5/c1-7-11(12)10(17(3)15-7)6-8(13)9-4-5-14-16(9)2/h4-5,8H,6,13H2,1-3H3. The third-order valence-corrected chi connectivity index (χ3v) is 3.41. The van der Waals surface area contributed by atoms with E-state index < -0.39 is 0 Å². The Morgan fingerprint density at radius 3 is 2.59 bits per heavy atom. The van der Waals surface area contributed by atoms with Gasteiger partial charge in [0.1, 0.15) is 0 Å². The summed E-state index contributed by atoms with van der Waals surface area (Å²) < 4.78 is 3.57. The molecule has 0 aliphatic carbocycles. The van der Waals surface area contributed by atoms with E-state index in [0.717, 1.165) is 17.1 Å². The van der Waals surface area contributed by atoms with Gasteiger partial charge in [-0.25, -0.2) is 0 Å². The van der Waals surface area contributed by atoms with Crippen LogP contribution in [0.5, 0.6) is 0 Å². The summed E-state index contributed by atoms with van der Waals surface area (Å²) in [6, 6.07) is 1.79. The van der Waals surface area contributed by atoms with Crippen molar-refractivity contribution >= 4 is 11.6 Å². The van der Waals surface area contributed by atoms with Crippen LogP contribution in [-0.4, -0.2) is 19.6 Å². The number of halogens is 1. The Morgan fingerprint density at radius 2 is 2.12 bits per heavy atom. The number of nitrogens with zero attached hydrogens (tertiary/aromatic N) is 4. The van der Waals surface area contributed by atoms with Crippen LogP contribution in [0.25, 0.3) is 0 Å². The van der Waals surface area contributed by atoms with Crippen molar-refractivity contribution in [2.24, 2.45) is 19.8 Å². The van der Waals surface area contributed by atoms with Crippen molar-refractivity contribution in [3.05, 3.63) is 34.4 Å². The number of nitrogens with two attached hydrogens (primary N) is 1. The summed E-state index contributed by atoms with van der Waals surface area (Å²) in [7, 11) is 3.76. The summed E-state index contributed by atoms with van der Waals surface area (Å²) in [5, 5.41) is 9.08. The normalized spacial score (nSPS) is 13.0. The van der Waals surface area contributed by atoms with Crippen LogP contribution in [0.3, 0.4) is 0 Å². The SMILES string of the molecule is Cc1nn(C)c(CC(N)c2ccnn2C)c1Cl. The first-order valence-electron chi connectivity index (χ1n) is 5.42. The van der Waals surface area contributed by atoms with E-state index in [1.807, 2.05) is 27.1 Å². The predicted octanol–water partition coefficient (Wildman–Crippen LogP) is 1.36. The summed E-state index contributed by atoms with van der Waals surface area (Å²) in [6.07, 6.45) is 2.39. The van der Waals surface area contributed by atoms with Crippen LogP contribution in [0, 0.1) is 6.92 Å².